The summed E-state index contributed by atoms with van der Waals surface area (Å²) in [5.41, 5.74) is 0.914. The average Bonchev–Trinajstić information content (AvgIpc) is 3.08. The molecule has 0 aliphatic heterocycles. The zero-order valence-corrected chi connectivity index (χ0v) is 11.6. The lowest BCUT2D eigenvalue weighted by Gasteiger charge is -2.09. The van der Waals surface area contributed by atoms with Crippen LogP contribution in [0.5, 0.6) is 0 Å². The second kappa shape index (κ2) is 5.74. The molecular weight excluding hydrogens is 304 g/mol. The van der Waals surface area contributed by atoms with Gasteiger partial charge in [0.25, 0.3) is 0 Å². The second-order valence-corrected chi connectivity index (χ2v) is 5.32. The Morgan fingerprint density at radius 2 is 2.24 bits per heavy atom. The van der Waals surface area contributed by atoms with Gasteiger partial charge in [-0.15, -0.1) is 0 Å². The van der Waals surface area contributed by atoms with Crippen LogP contribution in [0.15, 0.2) is 22.7 Å². The number of hydrogen-bond donors (Lipinski definition) is 2. The molecule has 5 heteroatoms. The smallest absolute Gasteiger partial charge is 0.221 e. The highest BCUT2D eigenvalue weighted by atomic mass is 79.9. The van der Waals surface area contributed by atoms with Crippen molar-refractivity contribution in [2.45, 2.75) is 25.3 Å². The van der Waals surface area contributed by atoms with Gasteiger partial charge < -0.3 is 10.6 Å². The summed E-state index contributed by atoms with van der Waals surface area (Å²) >= 11 is 9.37. The van der Waals surface area contributed by atoms with E-state index < -0.39 is 0 Å². The Hall–Kier alpha value is -0.740. The molecule has 1 aliphatic carbocycles. The van der Waals surface area contributed by atoms with E-state index in [0.29, 0.717) is 24.0 Å². The zero-order chi connectivity index (χ0) is 12.3. The van der Waals surface area contributed by atoms with E-state index in [1.807, 2.05) is 18.2 Å². The summed E-state index contributed by atoms with van der Waals surface area (Å²) in [5, 5.41) is 6.80. The molecule has 1 aromatic carbocycles. The van der Waals surface area contributed by atoms with Crippen molar-refractivity contribution in [1.29, 1.82) is 0 Å². The minimum absolute atomic E-state index is 0.109. The molecule has 0 spiro atoms. The Balaban J connectivity index is 1.77. The third-order valence-electron chi connectivity index (χ3n) is 2.56. The molecule has 2 rings (SSSR count). The van der Waals surface area contributed by atoms with Crippen LogP contribution in [0.2, 0.25) is 5.02 Å². The van der Waals surface area contributed by atoms with E-state index in [0.717, 1.165) is 23.0 Å². The summed E-state index contributed by atoms with van der Waals surface area (Å²) in [6, 6.07) is 6.05. The second-order valence-electron chi connectivity index (χ2n) is 4.12. The van der Waals surface area contributed by atoms with Crippen molar-refractivity contribution in [1.82, 2.24) is 5.32 Å². The molecule has 1 aromatic rings. The van der Waals surface area contributed by atoms with Crippen molar-refractivity contribution in [2.75, 3.05) is 11.9 Å². The molecule has 0 saturated heterocycles. The van der Waals surface area contributed by atoms with E-state index in [1.165, 1.54) is 0 Å². The van der Waals surface area contributed by atoms with Crippen molar-refractivity contribution in [3.63, 3.8) is 0 Å². The third-order valence-corrected chi connectivity index (χ3v) is 3.96. The minimum Gasteiger partial charge on any atom is -0.384 e. The first kappa shape index (κ1) is 12.7. The molecule has 0 heterocycles. The minimum atomic E-state index is 0.109. The Kier molecular flexibility index (Phi) is 4.29. The summed E-state index contributed by atoms with van der Waals surface area (Å²) in [7, 11) is 0. The number of carbonyl (C=O) groups excluding carboxylic acids is 1. The van der Waals surface area contributed by atoms with Crippen molar-refractivity contribution in [3.8, 4) is 0 Å². The van der Waals surface area contributed by atoms with Gasteiger partial charge in [-0.05, 0) is 40.9 Å². The van der Waals surface area contributed by atoms with Crippen molar-refractivity contribution < 1.29 is 4.79 Å². The fourth-order valence-corrected chi connectivity index (χ4v) is 2.06. The molecule has 2 N–H and O–H groups in total. The van der Waals surface area contributed by atoms with Crippen LogP contribution >= 0.6 is 27.5 Å². The van der Waals surface area contributed by atoms with Gasteiger partial charge in [0.2, 0.25) is 5.91 Å². The Morgan fingerprint density at radius 3 is 2.94 bits per heavy atom. The fourth-order valence-electron chi connectivity index (χ4n) is 1.48. The summed E-state index contributed by atoms with van der Waals surface area (Å²) in [6.45, 7) is 0.609. The highest BCUT2D eigenvalue weighted by Gasteiger charge is 2.22. The van der Waals surface area contributed by atoms with Gasteiger partial charge in [-0.2, -0.15) is 0 Å². The molecule has 0 atom stereocenters. The quantitative estimate of drug-likeness (QED) is 0.876. The van der Waals surface area contributed by atoms with Gasteiger partial charge in [0, 0.05) is 24.7 Å². The molecule has 17 heavy (non-hydrogen) atoms. The summed E-state index contributed by atoms with van der Waals surface area (Å²) in [5.74, 6) is 0.109. The molecule has 1 aliphatic rings. The number of anilines is 1. The number of halogens is 2. The maximum Gasteiger partial charge on any atom is 0.221 e. The molecule has 92 valence electrons. The van der Waals surface area contributed by atoms with Gasteiger partial charge in [-0.1, -0.05) is 17.7 Å². The molecule has 3 nitrogen and oxygen atoms in total. The van der Waals surface area contributed by atoms with E-state index in [-0.39, 0.29) is 5.91 Å². The number of carbonyl (C=O) groups is 1. The third kappa shape index (κ3) is 3.89. The molecule has 0 aromatic heterocycles. The van der Waals surface area contributed by atoms with Gasteiger partial charge in [-0.3, -0.25) is 4.79 Å². The van der Waals surface area contributed by atoms with Crippen LogP contribution in [-0.4, -0.2) is 18.5 Å². The van der Waals surface area contributed by atoms with Crippen molar-refractivity contribution >= 4 is 39.1 Å². The first-order valence-corrected chi connectivity index (χ1v) is 6.81. The van der Waals surface area contributed by atoms with Crippen molar-refractivity contribution in [2.24, 2.45) is 0 Å². The predicted molar refractivity (Wildman–Crippen MR) is 73.4 cm³/mol. The van der Waals surface area contributed by atoms with E-state index >= 15 is 0 Å². The number of rotatable bonds is 5. The number of amides is 1. The van der Waals surface area contributed by atoms with Crippen LogP contribution < -0.4 is 10.6 Å². The van der Waals surface area contributed by atoms with Crippen LogP contribution in [0.3, 0.4) is 0 Å². The standard InChI is InChI=1S/C12H14BrClN2O/c13-12-9(14)2-1-3-10(12)15-7-6-11(17)16-8-4-5-8/h1-3,8,15H,4-7H2,(H,16,17). The first-order valence-electron chi connectivity index (χ1n) is 5.64. The number of benzene rings is 1. The van der Waals surface area contributed by atoms with Crippen LogP contribution in [-0.2, 0) is 4.79 Å². The van der Waals surface area contributed by atoms with E-state index in [4.69, 9.17) is 11.6 Å². The highest BCUT2D eigenvalue weighted by molar-refractivity contribution is 9.10. The lowest BCUT2D eigenvalue weighted by atomic mass is 10.3. The Labute approximate surface area is 114 Å². The SMILES string of the molecule is O=C(CCNc1cccc(Cl)c1Br)NC1CC1. The maximum atomic E-state index is 11.4. The zero-order valence-electron chi connectivity index (χ0n) is 9.30. The Morgan fingerprint density at radius 1 is 1.47 bits per heavy atom. The molecule has 1 saturated carbocycles. The van der Waals surface area contributed by atoms with Crippen LogP contribution in [0.25, 0.3) is 0 Å². The maximum absolute atomic E-state index is 11.4. The van der Waals surface area contributed by atoms with Gasteiger partial charge in [0.1, 0.15) is 0 Å². The monoisotopic (exact) mass is 316 g/mol. The van der Waals surface area contributed by atoms with E-state index in [1.54, 1.807) is 0 Å². The van der Waals surface area contributed by atoms with Gasteiger partial charge in [0.05, 0.1) is 9.50 Å². The summed E-state index contributed by atoms with van der Waals surface area (Å²) in [6.07, 6.45) is 2.73. The highest BCUT2D eigenvalue weighted by Crippen LogP contribution is 2.29. The Bertz CT molecular complexity index is 421. The lowest BCUT2D eigenvalue weighted by molar-refractivity contribution is -0.120. The van der Waals surface area contributed by atoms with Crippen LogP contribution in [0.1, 0.15) is 19.3 Å². The molecular formula is C12H14BrClN2O. The van der Waals surface area contributed by atoms with Crippen LogP contribution in [0.4, 0.5) is 5.69 Å². The molecule has 0 radical (unpaired) electrons. The van der Waals surface area contributed by atoms with Gasteiger partial charge in [-0.25, -0.2) is 0 Å². The topological polar surface area (TPSA) is 41.1 Å². The molecule has 0 unspecified atom stereocenters. The molecule has 0 bridgehead atoms. The number of nitrogens with one attached hydrogen (secondary N) is 2. The van der Waals surface area contributed by atoms with Crippen LogP contribution in [0, 0.1) is 0 Å². The van der Waals surface area contributed by atoms with E-state index in [9.17, 15) is 4.79 Å². The van der Waals surface area contributed by atoms with Gasteiger partial charge in [0.15, 0.2) is 0 Å². The van der Waals surface area contributed by atoms with E-state index in [2.05, 4.69) is 26.6 Å². The number of hydrogen-bond acceptors (Lipinski definition) is 2. The average molecular weight is 318 g/mol. The fraction of sp³-hybridized carbons (Fsp3) is 0.417. The predicted octanol–water partition coefficient (Wildman–Crippen LogP) is 3.18. The normalized spacial score (nSPS) is 14.5. The first-order chi connectivity index (χ1) is 8.16. The van der Waals surface area contributed by atoms with Crippen molar-refractivity contribution in [3.05, 3.63) is 27.7 Å². The largest absolute Gasteiger partial charge is 0.384 e. The lowest BCUT2D eigenvalue weighted by Crippen LogP contribution is -2.27. The van der Waals surface area contributed by atoms with Gasteiger partial charge >= 0.3 is 0 Å². The summed E-state index contributed by atoms with van der Waals surface area (Å²) < 4.78 is 0.837. The molecule has 1 amide bonds. The summed E-state index contributed by atoms with van der Waals surface area (Å²) in [4.78, 5) is 11.4. The molecule has 1 fully saturated rings.